The fourth-order valence-corrected chi connectivity index (χ4v) is 3.95. The van der Waals surface area contributed by atoms with Crippen molar-refractivity contribution in [3.05, 3.63) is 0 Å². The summed E-state index contributed by atoms with van der Waals surface area (Å²) in [7, 11) is 0. The number of fused-ring (bicyclic) bond motifs is 2. The lowest BCUT2D eigenvalue weighted by molar-refractivity contribution is 0.0368. The molecule has 108 valence electrons. The number of rotatable bonds is 8. The van der Waals surface area contributed by atoms with E-state index < -0.39 is 0 Å². The van der Waals surface area contributed by atoms with Crippen LogP contribution in [-0.4, -0.2) is 51.8 Å². The molecule has 4 aliphatic rings. The second-order valence-electron chi connectivity index (χ2n) is 6.73. The Labute approximate surface area is 114 Å². The van der Waals surface area contributed by atoms with Gasteiger partial charge in [-0.1, -0.05) is 0 Å². The summed E-state index contributed by atoms with van der Waals surface area (Å²) < 4.78 is 21.9. The minimum Gasteiger partial charge on any atom is -0.378 e. The van der Waals surface area contributed by atoms with Crippen LogP contribution < -0.4 is 0 Å². The van der Waals surface area contributed by atoms with E-state index >= 15 is 0 Å². The van der Waals surface area contributed by atoms with Crippen LogP contribution in [0.1, 0.15) is 19.3 Å². The molecule has 2 saturated heterocycles. The topological polar surface area (TPSA) is 43.5 Å². The molecule has 0 spiro atoms. The molecule has 0 aromatic carbocycles. The first-order valence-electron chi connectivity index (χ1n) is 7.77. The van der Waals surface area contributed by atoms with Crippen molar-refractivity contribution in [3.63, 3.8) is 0 Å². The third kappa shape index (κ3) is 3.13. The van der Waals surface area contributed by atoms with Gasteiger partial charge in [-0.25, -0.2) is 0 Å². The average Bonchev–Trinajstić information content (AvgIpc) is 3.31. The van der Waals surface area contributed by atoms with Gasteiger partial charge in [0.05, 0.1) is 26.4 Å². The summed E-state index contributed by atoms with van der Waals surface area (Å²) in [6, 6.07) is 0. The van der Waals surface area contributed by atoms with Crippen molar-refractivity contribution in [1.29, 1.82) is 0 Å². The summed E-state index contributed by atoms with van der Waals surface area (Å²) >= 11 is 0. The van der Waals surface area contributed by atoms with Crippen LogP contribution in [0.5, 0.6) is 0 Å². The van der Waals surface area contributed by atoms with Crippen LogP contribution in [0.25, 0.3) is 0 Å². The zero-order valence-corrected chi connectivity index (χ0v) is 11.5. The van der Waals surface area contributed by atoms with E-state index in [0.29, 0.717) is 12.2 Å². The monoisotopic (exact) mass is 268 g/mol. The highest BCUT2D eigenvalue weighted by Crippen LogP contribution is 2.51. The predicted molar refractivity (Wildman–Crippen MR) is 68.9 cm³/mol. The van der Waals surface area contributed by atoms with Gasteiger partial charge in [0.25, 0.3) is 0 Å². The van der Waals surface area contributed by atoms with Crippen LogP contribution in [0.3, 0.4) is 0 Å². The molecule has 4 heteroatoms. The molecule has 0 aromatic rings. The van der Waals surface area contributed by atoms with Gasteiger partial charge in [0.1, 0.15) is 12.2 Å². The van der Waals surface area contributed by atoms with E-state index in [0.717, 1.165) is 63.3 Å². The van der Waals surface area contributed by atoms with Gasteiger partial charge in [0, 0.05) is 13.2 Å². The fourth-order valence-electron chi connectivity index (χ4n) is 3.95. The van der Waals surface area contributed by atoms with Crippen LogP contribution in [0, 0.1) is 23.7 Å². The number of hydrogen-bond acceptors (Lipinski definition) is 4. The molecule has 4 rings (SSSR count). The Morgan fingerprint density at radius 2 is 1.16 bits per heavy atom. The first-order valence-corrected chi connectivity index (χ1v) is 7.77. The zero-order valence-electron chi connectivity index (χ0n) is 11.5. The molecule has 2 aliphatic heterocycles. The summed E-state index contributed by atoms with van der Waals surface area (Å²) in [6.45, 7) is 5.32. The molecular weight excluding hydrogens is 244 g/mol. The lowest BCUT2D eigenvalue weighted by atomic mass is 9.83. The van der Waals surface area contributed by atoms with Crippen molar-refractivity contribution in [2.45, 2.75) is 31.5 Å². The van der Waals surface area contributed by atoms with Crippen molar-refractivity contribution in [2.24, 2.45) is 23.7 Å². The molecule has 6 atom stereocenters. The maximum absolute atomic E-state index is 5.78. The van der Waals surface area contributed by atoms with Gasteiger partial charge in [-0.15, -0.1) is 0 Å². The second kappa shape index (κ2) is 5.32. The minimum atomic E-state index is 0.407. The first-order chi connectivity index (χ1) is 9.38. The van der Waals surface area contributed by atoms with Crippen molar-refractivity contribution in [2.75, 3.05) is 39.6 Å². The second-order valence-corrected chi connectivity index (χ2v) is 6.73. The highest BCUT2D eigenvalue weighted by atomic mass is 16.6. The number of hydrogen-bond donors (Lipinski definition) is 0. The molecule has 6 unspecified atom stereocenters. The lowest BCUT2D eigenvalue weighted by Gasteiger charge is -2.27. The molecule has 4 fully saturated rings. The fraction of sp³-hybridized carbons (Fsp3) is 1.00. The largest absolute Gasteiger partial charge is 0.378 e. The summed E-state index contributed by atoms with van der Waals surface area (Å²) in [6.07, 6.45) is 4.92. The van der Waals surface area contributed by atoms with Crippen LogP contribution in [-0.2, 0) is 18.9 Å². The maximum Gasteiger partial charge on any atom is 0.104 e. The van der Waals surface area contributed by atoms with E-state index in [1.807, 2.05) is 0 Å². The van der Waals surface area contributed by atoms with E-state index in [4.69, 9.17) is 18.9 Å². The Hall–Kier alpha value is -0.160. The van der Waals surface area contributed by atoms with Gasteiger partial charge in [0.2, 0.25) is 0 Å². The molecule has 4 nitrogen and oxygen atoms in total. The molecule has 0 aromatic heterocycles. The molecular formula is C15H24O4. The average molecular weight is 268 g/mol. The molecule has 2 heterocycles. The molecule has 2 bridgehead atoms. The Kier molecular flexibility index (Phi) is 3.52. The van der Waals surface area contributed by atoms with Crippen LogP contribution in [0.15, 0.2) is 0 Å². The highest BCUT2D eigenvalue weighted by molar-refractivity contribution is 4.95. The smallest absolute Gasteiger partial charge is 0.104 e. The third-order valence-corrected chi connectivity index (χ3v) is 5.23. The van der Waals surface area contributed by atoms with Crippen LogP contribution in [0.4, 0.5) is 0 Å². The standard InChI is InChI=1S/C15H24O4/c1-10-2-12(4-16-6-14-8-18-14)11(1)3-13(10)5-17-7-15-9-19-15/h10-15H,1-9H2. The quantitative estimate of drug-likeness (QED) is 0.625. The SMILES string of the molecule is C(OCC1CC2CC1CC2COCC1CO1)C1CO1. The Bertz CT molecular complexity index is 283. The summed E-state index contributed by atoms with van der Waals surface area (Å²) in [5.41, 5.74) is 0. The summed E-state index contributed by atoms with van der Waals surface area (Å²) in [4.78, 5) is 0. The number of ether oxygens (including phenoxy) is 4. The Morgan fingerprint density at radius 3 is 1.53 bits per heavy atom. The van der Waals surface area contributed by atoms with E-state index in [-0.39, 0.29) is 0 Å². The van der Waals surface area contributed by atoms with Crippen molar-refractivity contribution >= 4 is 0 Å². The van der Waals surface area contributed by atoms with Crippen LogP contribution >= 0.6 is 0 Å². The van der Waals surface area contributed by atoms with Gasteiger partial charge < -0.3 is 18.9 Å². The van der Waals surface area contributed by atoms with E-state index in [9.17, 15) is 0 Å². The minimum absolute atomic E-state index is 0.407. The maximum atomic E-state index is 5.78. The Morgan fingerprint density at radius 1 is 0.684 bits per heavy atom. The third-order valence-electron chi connectivity index (χ3n) is 5.23. The van der Waals surface area contributed by atoms with E-state index in [1.54, 1.807) is 0 Å². The highest BCUT2D eigenvalue weighted by Gasteiger charge is 2.45. The van der Waals surface area contributed by atoms with Gasteiger partial charge in [-0.2, -0.15) is 0 Å². The molecule has 2 aliphatic carbocycles. The summed E-state index contributed by atoms with van der Waals surface area (Å²) in [5.74, 6) is 3.37. The van der Waals surface area contributed by atoms with Crippen molar-refractivity contribution in [3.8, 4) is 0 Å². The van der Waals surface area contributed by atoms with E-state index in [2.05, 4.69) is 0 Å². The van der Waals surface area contributed by atoms with E-state index in [1.165, 1.54) is 19.3 Å². The summed E-state index contributed by atoms with van der Waals surface area (Å²) in [5, 5.41) is 0. The van der Waals surface area contributed by atoms with Crippen LogP contribution in [0.2, 0.25) is 0 Å². The first kappa shape index (κ1) is 12.6. The van der Waals surface area contributed by atoms with Gasteiger partial charge in [0.15, 0.2) is 0 Å². The number of epoxide rings is 2. The molecule has 0 N–H and O–H groups in total. The molecule has 0 radical (unpaired) electrons. The van der Waals surface area contributed by atoms with Gasteiger partial charge in [-0.05, 0) is 42.9 Å². The lowest BCUT2D eigenvalue weighted by Crippen LogP contribution is -2.25. The predicted octanol–water partition coefficient (Wildman–Crippen LogP) is 1.48. The Balaban J connectivity index is 1.15. The van der Waals surface area contributed by atoms with Gasteiger partial charge in [-0.3, -0.25) is 0 Å². The van der Waals surface area contributed by atoms with Crippen molar-refractivity contribution in [1.82, 2.24) is 0 Å². The molecule has 2 saturated carbocycles. The van der Waals surface area contributed by atoms with Gasteiger partial charge >= 0.3 is 0 Å². The molecule has 0 amide bonds. The molecule has 19 heavy (non-hydrogen) atoms. The zero-order chi connectivity index (χ0) is 12.7. The normalized spacial score (nSPS) is 46.7. The van der Waals surface area contributed by atoms with Crippen molar-refractivity contribution < 1.29 is 18.9 Å².